The summed E-state index contributed by atoms with van der Waals surface area (Å²) in [4.78, 5) is 12.1. The van der Waals surface area contributed by atoms with Gasteiger partial charge in [-0.3, -0.25) is 4.79 Å². The van der Waals surface area contributed by atoms with E-state index in [1.54, 1.807) is 0 Å². The summed E-state index contributed by atoms with van der Waals surface area (Å²) < 4.78 is 0. The number of hydrogen-bond acceptors (Lipinski definition) is 2. The van der Waals surface area contributed by atoms with Crippen molar-refractivity contribution in [3.63, 3.8) is 0 Å². The molecule has 114 valence electrons. The number of nitrogens with one attached hydrogen (secondary N) is 1. The Morgan fingerprint density at radius 1 is 1.16 bits per heavy atom. The molecule has 0 aromatic carbocycles. The Morgan fingerprint density at radius 3 is 2.32 bits per heavy atom. The summed E-state index contributed by atoms with van der Waals surface area (Å²) in [5, 5.41) is 3.20. The average molecular weight is 270 g/mol. The largest absolute Gasteiger partial charge is 0.353 e. The van der Waals surface area contributed by atoms with Crippen LogP contribution in [-0.2, 0) is 4.79 Å². The first-order chi connectivity index (χ1) is 9.03. The molecular formula is C16H34N2O. The van der Waals surface area contributed by atoms with Gasteiger partial charge >= 0.3 is 0 Å². The van der Waals surface area contributed by atoms with Crippen molar-refractivity contribution in [3.8, 4) is 0 Å². The van der Waals surface area contributed by atoms with E-state index in [2.05, 4.69) is 33.0 Å². The van der Waals surface area contributed by atoms with Crippen molar-refractivity contribution in [1.82, 2.24) is 5.32 Å². The number of carbonyl (C=O) groups is 1. The van der Waals surface area contributed by atoms with Crippen molar-refractivity contribution in [2.45, 2.75) is 78.7 Å². The van der Waals surface area contributed by atoms with Crippen molar-refractivity contribution >= 4 is 5.91 Å². The summed E-state index contributed by atoms with van der Waals surface area (Å²) in [6.07, 6.45) is 7.32. The van der Waals surface area contributed by atoms with Crippen molar-refractivity contribution in [3.05, 3.63) is 0 Å². The summed E-state index contributed by atoms with van der Waals surface area (Å²) >= 11 is 0. The van der Waals surface area contributed by atoms with E-state index in [1.165, 1.54) is 12.8 Å². The van der Waals surface area contributed by atoms with E-state index in [1.807, 2.05) is 0 Å². The Balaban J connectivity index is 4.14. The molecule has 0 spiro atoms. The first kappa shape index (κ1) is 18.4. The topological polar surface area (TPSA) is 55.1 Å². The fourth-order valence-corrected chi connectivity index (χ4v) is 2.57. The van der Waals surface area contributed by atoms with E-state index in [0.717, 1.165) is 25.7 Å². The first-order valence-corrected chi connectivity index (χ1v) is 8.02. The zero-order valence-electron chi connectivity index (χ0n) is 13.4. The molecule has 1 unspecified atom stereocenters. The monoisotopic (exact) mass is 270 g/mol. The molecule has 0 aliphatic heterocycles. The van der Waals surface area contributed by atoms with Crippen molar-refractivity contribution < 1.29 is 4.79 Å². The molecule has 0 fully saturated rings. The second-order valence-electron chi connectivity index (χ2n) is 6.13. The first-order valence-electron chi connectivity index (χ1n) is 8.02. The lowest BCUT2D eigenvalue weighted by Crippen LogP contribution is -2.36. The van der Waals surface area contributed by atoms with Crippen LogP contribution in [0.3, 0.4) is 0 Å². The lowest BCUT2D eigenvalue weighted by molar-refractivity contribution is -0.122. The molecule has 3 nitrogen and oxygen atoms in total. The van der Waals surface area contributed by atoms with Gasteiger partial charge in [-0.25, -0.2) is 0 Å². The lowest BCUT2D eigenvalue weighted by Gasteiger charge is -2.21. The standard InChI is InChI=1S/C16H34N2O/c1-5-7-9-15(8-6-2)18-16(19)11-14(12-17)10-13(3)4/h13-15H,5-12,17H2,1-4H3,(H,18,19)/t14-,15?/m0/s1. The fourth-order valence-electron chi connectivity index (χ4n) is 2.57. The molecule has 0 heterocycles. The Kier molecular flexibility index (Phi) is 10.9. The maximum atomic E-state index is 12.1. The van der Waals surface area contributed by atoms with Crippen molar-refractivity contribution in [2.24, 2.45) is 17.6 Å². The maximum absolute atomic E-state index is 12.1. The van der Waals surface area contributed by atoms with Crippen LogP contribution in [0, 0.1) is 11.8 Å². The van der Waals surface area contributed by atoms with E-state index in [-0.39, 0.29) is 5.91 Å². The zero-order chi connectivity index (χ0) is 14.7. The minimum absolute atomic E-state index is 0.186. The van der Waals surface area contributed by atoms with Gasteiger partial charge in [0.05, 0.1) is 0 Å². The zero-order valence-corrected chi connectivity index (χ0v) is 13.4. The minimum Gasteiger partial charge on any atom is -0.353 e. The number of amides is 1. The third kappa shape index (κ3) is 9.94. The van der Waals surface area contributed by atoms with Crippen LogP contribution in [0.15, 0.2) is 0 Å². The Morgan fingerprint density at radius 2 is 1.84 bits per heavy atom. The molecule has 3 heteroatoms. The van der Waals surface area contributed by atoms with Crippen LogP contribution >= 0.6 is 0 Å². The minimum atomic E-state index is 0.186. The molecule has 0 saturated carbocycles. The highest BCUT2D eigenvalue weighted by Gasteiger charge is 2.16. The van der Waals surface area contributed by atoms with Crippen molar-refractivity contribution in [2.75, 3.05) is 6.54 Å². The van der Waals surface area contributed by atoms with E-state index in [9.17, 15) is 4.79 Å². The highest BCUT2D eigenvalue weighted by atomic mass is 16.1. The van der Waals surface area contributed by atoms with Gasteiger partial charge < -0.3 is 11.1 Å². The van der Waals surface area contributed by atoms with Gasteiger partial charge in [0.1, 0.15) is 0 Å². The summed E-state index contributed by atoms with van der Waals surface area (Å²) in [6, 6.07) is 0.356. The van der Waals surface area contributed by atoms with Gasteiger partial charge in [-0.05, 0) is 37.6 Å². The van der Waals surface area contributed by atoms with Gasteiger partial charge in [0.2, 0.25) is 5.91 Å². The van der Waals surface area contributed by atoms with Gasteiger partial charge in [0.25, 0.3) is 0 Å². The van der Waals surface area contributed by atoms with E-state index >= 15 is 0 Å². The number of rotatable bonds is 11. The maximum Gasteiger partial charge on any atom is 0.220 e. The average Bonchev–Trinajstić information content (AvgIpc) is 2.34. The number of nitrogens with two attached hydrogens (primary N) is 1. The van der Waals surface area contributed by atoms with Gasteiger partial charge in [-0.1, -0.05) is 47.0 Å². The molecule has 0 bridgehead atoms. The molecule has 19 heavy (non-hydrogen) atoms. The molecule has 0 rings (SSSR count). The molecule has 1 amide bonds. The van der Waals surface area contributed by atoms with Crippen LogP contribution in [-0.4, -0.2) is 18.5 Å². The van der Waals surface area contributed by atoms with Crippen LogP contribution in [0.1, 0.15) is 72.6 Å². The molecule has 0 aromatic heterocycles. The van der Waals surface area contributed by atoms with Gasteiger partial charge in [0, 0.05) is 12.5 Å². The van der Waals surface area contributed by atoms with Crippen LogP contribution < -0.4 is 11.1 Å². The molecule has 0 aliphatic carbocycles. The fraction of sp³-hybridized carbons (Fsp3) is 0.938. The predicted octanol–water partition coefficient (Wildman–Crippen LogP) is 3.47. The Labute approximate surface area is 119 Å². The number of carbonyl (C=O) groups excluding carboxylic acids is 1. The van der Waals surface area contributed by atoms with Gasteiger partial charge in [-0.2, -0.15) is 0 Å². The lowest BCUT2D eigenvalue weighted by atomic mass is 9.93. The third-order valence-corrected chi connectivity index (χ3v) is 3.52. The normalized spacial score (nSPS) is 14.4. The number of hydrogen-bond donors (Lipinski definition) is 2. The summed E-state index contributed by atoms with van der Waals surface area (Å²) in [5.74, 6) is 1.12. The Hall–Kier alpha value is -0.570. The third-order valence-electron chi connectivity index (χ3n) is 3.52. The highest BCUT2D eigenvalue weighted by molar-refractivity contribution is 5.76. The van der Waals surface area contributed by atoms with E-state index in [0.29, 0.717) is 30.8 Å². The molecule has 0 aliphatic rings. The Bertz CT molecular complexity index is 229. The van der Waals surface area contributed by atoms with E-state index in [4.69, 9.17) is 5.73 Å². The molecule has 3 N–H and O–H groups in total. The second kappa shape index (κ2) is 11.3. The van der Waals surface area contributed by atoms with Gasteiger partial charge in [0.15, 0.2) is 0 Å². The van der Waals surface area contributed by atoms with Gasteiger partial charge in [-0.15, -0.1) is 0 Å². The number of unbranched alkanes of at least 4 members (excludes halogenated alkanes) is 1. The summed E-state index contributed by atoms with van der Waals surface area (Å²) in [7, 11) is 0. The smallest absolute Gasteiger partial charge is 0.220 e. The molecule has 0 saturated heterocycles. The molecule has 0 aromatic rings. The SMILES string of the molecule is CCCCC(CCC)NC(=O)C[C@@H](CN)CC(C)C. The van der Waals surface area contributed by atoms with Crippen LogP contribution in [0.4, 0.5) is 0 Å². The quantitative estimate of drug-likeness (QED) is 0.604. The highest BCUT2D eigenvalue weighted by Crippen LogP contribution is 2.15. The van der Waals surface area contributed by atoms with Crippen LogP contribution in [0.5, 0.6) is 0 Å². The van der Waals surface area contributed by atoms with E-state index < -0.39 is 0 Å². The molecular weight excluding hydrogens is 236 g/mol. The molecule has 2 atom stereocenters. The molecule has 0 radical (unpaired) electrons. The predicted molar refractivity (Wildman–Crippen MR) is 83.0 cm³/mol. The van der Waals surface area contributed by atoms with Crippen molar-refractivity contribution in [1.29, 1.82) is 0 Å². The second-order valence-corrected chi connectivity index (χ2v) is 6.13. The summed E-state index contributed by atoms with van der Waals surface area (Å²) in [6.45, 7) is 9.34. The van der Waals surface area contributed by atoms with Crippen LogP contribution in [0.2, 0.25) is 0 Å². The summed E-state index contributed by atoms with van der Waals surface area (Å²) in [5.41, 5.74) is 5.76. The van der Waals surface area contributed by atoms with Crippen LogP contribution in [0.25, 0.3) is 0 Å².